The molecule has 2 unspecified atom stereocenters. The third-order valence-corrected chi connectivity index (χ3v) is 5.00. The molecule has 1 aliphatic carbocycles. The van der Waals surface area contributed by atoms with Crippen LogP contribution in [0.1, 0.15) is 42.7 Å². The molecule has 0 amide bonds. The average Bonchev–Trinajstić information content (AvgIpc) is 2.51. The fraction of sp³-hybridized carbons (Fsp3) is 0.389. The van der Waals surface area contributed by atoms with Crippen LogP contribution in [0.15, 0.2) is 48.8 Å². The Bertz CT molecular complexity index is 599. The zero-order chi connectivity index (χ0) is 14.7. The largest absolute Gasteiger partial charge is 0.324 e. The van der Waals surface area contributed by atoms with Crippen molar-refractivity contribution in [2.45, 2.75) is 43.6 Å². The van der Waals surface area contributed by atoms with Crippen LogP contribution >= 0.6 is 11.6 Å². The molecule has 2 aromatic rings. The van der Waals surface area contributed by atoms with Gasteiger partial charge in [0.2, 0.25) is 0 Å². The lowest BCUT2D eigenvalue weighted by atomic mass is 9.67. The molecular weight excluding hydrogens is 280 g/mol. The number of pyridine rings is 1. The Morgan fingerprint density at radius 2 is 2.00 bits per heavy atom. The van der Waals surface area contributed by atoms with E-state index in [0.717, 1.165) is 29.8 Å². The zero-order valence-corrected chi connectivity index (χ0v) is 12.9. The molecular formula is C18H21ClN2. The van der Waals surface area contributed by atoms with Gasteiger partial charge < -0.3 is 5.73 Å². The highest BCUT2D eigenvalue weighted by atomic mass is 35.5. The van der Waals surface area contributed by atoms with E-state index in [2.05, 4.69) is 35.3 Å². The van der Waals surface area contributed by atoms with Crippen molar-refractivity contribution in [1.29, 1.82) is 0 Å². The van der Waals surface area contributed by atoms with Crippen LogP contribution in [0.2, 0.25) is 5.02 Å². The summed E-state index contributed by atoms with van der Waals surface area (Å²) in [6.07, 6.45) is 8.97. The van der Waals surface area contributed by atoms with Crippen LogP contribution in [0.25, 0.3) is 0 Å². The monoisotopic (exact) mass is 300 g/mol. The minimum Gasteiger partial charge on any atom is -0.324 e. The van der Waals surface area contributed by atoms with Crippen molar-refractivity contribution in [2.75, 3.05) is 0 Å². The van der Waals surface area contributed by atoms with Crippen LogP contribution in [0.4, 0.5) is 0 Å². The number of hydrogen-bond donors (Lipinski definition) is 1. The van der Waals surface area contributed by atoms with E-state index in [0.29, 0.717) is 5.92 Å². The first-order valence-corrected chi connectivity index (χ1v) is 7.99. The number of nitrogens with zero attached hydrogens (tertiary/aromatic N) is 1. The van der Waals surface area contributed by atoms with E-state index in [1.807, 2.05) is 6.07 Å². The fourth-order valence-electron chi connectivity index (χ4n) is 3.56. The first-order chi connectivity index (χ1) is 10.2. The van der Waals surface area contributed by atoms with Gasteiger partial charge in [-0.25, -0.2) is 0 Å². The molecule has 2 N–H and O–H groups in total. The Morgan fingerprint density at radius 1 is 1.19 bits per heavy atom. The predicted octanol–water partition coefficient (Wildman–Crippen LogP) is 4.33. The lowest BCUT2D eigenvalue weighted by Crippen LogP contribution is -2.49. The van der Waals surface area contributed by atoms with Gasteiger partial charge in [-0.1, -0.05) is 54.8 Å². The molecule has 1 heterocycles. The maximum absolute atomic E-state index is 6.86. The number of aromatic nitrogens is 1. The summed E-state index contributed by atoms with van der Waals surface area (Å²) in [7, 11) is 0. The topological polar surface area (TPSA) is 38.9 Å². The Kier molecular flexibility index (Phi) is 4.27. The van der Waals surface area contributed by atoms with Crippen LogP contribution in [-0.2, 0) is 6.42 Å². The SMILES string of the molecule is NC1(Cc2ccncc2Cl)CCCCC1c1ccccc1. The molecule has 1 aliphatic rings. The number of halogens is 1. The molecule has 110 valence electrons. The molecule has 1 aromatic carbocycles. The Hall–Kier alpha value is -1.38. The van der Waals surface area contributed by atoms with Gasteiger partial charge >= 0.3 is 0 Å². The van der Waals surface area contributed by atoms with Crippen molar-refractivity contribution in [3.05, 3.63) is 64.9 Å². The van der Waals surface area contributed by atoms with Crippen molar-refractivity contribution in [2.24, 2.45) is 5.73 Å². The third-order valence-electron chi connectivity index (χ3n) is 4.66. The van der Waals surface area contributed by atoms with E-state index in [1.165, 1.54) is 18.4 Å². The summed E-state index contributed by atoms with van der Waals surface area (Å²) in [5.74, 6) is 0.400. The minimum absolute atomic E-state index is 0.218. The van der Waals surface area contributed by atoms with Crippen LogP contribution in [0.3, 0.4) is 0 Å². The smallest absolute Gasteiger partial charge is 0.0621 e. The highest BCUT2D eigenvalue weighted by Gasteiger charge is 2.38. The summed E-state index contributed by atoms with van der Waals surface area (Å²) < 4.78 is 0. The molecule has 0 bridgehead atoms. The third kappa shape index (κ3) is 3.12. The molecule has 0 saturated heterocycles. The van der Waals surface area contributed by atoms with Gasteiger partial charge in [-0.2, -0.15) is 0 Å². The van der Waals surface area contributed by atoms with Crippen LogP contribution in [-0.4, -0.2) is 10.5 Å². The second-order valence-electron chi connectivity index (χ2n) is 6.09. The van der Waals surface area contributed by atoms with Gasteiger partial charge in [0, 0.05) is 23.9 Å². The first-order valence-electron chi connectivity index (χ1n) is 7.61. The normalized spacial score (nSPS) is 25.7. The average molecular weight is 301 g/mol. The van der Waals surface area contributed by atoms with Gasteiger partial charge in [0.05, 0.1) is 5.02 Å². The van der Waals surface area contributed by atoms with Crippen molar-refractivity contribution in [3.8, 4) is 0 Å². The second-order valence-corrected chi connectivity index (χ2v) is 6.49. The fourth-order valence-corrected chi connectivity index (χ4v) is 3.75. The number of nitrogens with two attached hydrogens (primary N) is 1. The van der Waals surface area contributed by atoms with Gasteiger partial charge in [-0.3, -0.25) is 4.98 Å². The summed E-state index contributed by atoms with van der Waals surface area (Å²) in [5, 5.41) is 0.722. The lowest BCUT2D eigenvalue weighted by Gasteiger charge is -2.42. The molecule has 0 spiro atoms. The quantitative estimate of drug-likeness (QED) is 0.916. The van der Waals surface area contributed by atoms with Crippen molar-refractivity contribution < 1.29 is 0 Å². The van der Waals surface area contributed by atoms with Crippen LogP contribution in [0.5, 0.6) is 0 Å². The van der Waals surface area contributed by atoms with Crippen molar-refractivity contribution >= 4 is 11.6 Å². The summed E-state index contributed by atoms with van der Waals surface area (Å²) in [4.78, 5) is 4.07. The molecule has 1 fully saturated rings. The molecule has 1 aromatic heterocycles. The van der Waals surface area contributed by atoms with E-state index < -0.39 is 0 Å². The van der Waals surface area contributed by atoms with Gasteiger partial charge in [0.15, 0.2) is 0 Å². The minimum atomic E-state index is -0.218. The summed E-state index contributed by atoms with van der Waals surface area (Å²) in [6.45, 7) is 0. The molecule has 0 radical (unpaired) electrons. The highest BCUT2D eigenvalue weighted by Crippen LogP contribution is 2.41. The van der Waals surface area contributed by atoms with Gasteiger partial charge in [0.1, 0.15) is 0 Å². The van der Waals surface area contributed by atoms with E-state index in [4.69, 9.17) is 17.3 Å². The maximum atomic E-state index is 6.86. The summed E-state index contributed by atoms with van der Waals surface area (Å²) in [6, 6.07) is 12.7. The standard InChI is InChI=1S/C18H21ClN2/c19-17-13-21-11-9-15(17)12-18(20)10-5-4-8-16(18)14-6-2-1-3-7-14/h1-3,6-7,9,11,13,16H,4-5,8,10,12,20H2. The molecule has 3 heteroatoms. The zero-order valence-electron chi connectivity index (χ0n) is 12.1. The predicted molar refractivity (Wildman–Crippen MR) is 87.5 cm³/mol. The Balaban J connectivity index is 1.91. The van der Waals surface area contributed by atoms with Crippen molar-refractivity contribution in [3.63, 3.8) is 0 Å². The number of benzene rings is 1. The lowest BCUT2D eigenvalue weighted by molar-refractivity contribution is 0.249. The van der Waals surface area contributed by atoms with Gasteiger partial charge in [-0.05, 0) is 36.5 Å². The molecule has 2 atom stereocenters. The Morgan fingerprint density at radius 3 is 2.76 bits per heavy atom. The van der Waals surface area contributed by atoms with E-state index in [1.54, 1.807) is 12.4 Å². The molecule has 2 nitrogen and oxygen atoms in total. The molecule has 0 aliphatic heterocycles. The first kappa shape index (κ1) is 14.6. The van der Waals surface area contributed by atoms with Gasteiger partial charge in [0.25, 0.3) is 0 Å². The van der Waals surface area contributed by atoms with Crippen LogP contribution in [0, 0.1) is 0 Å². The van der Waals surface area contributed by atoms with E-state index >= 15 is 0 Å². The van der Waals surface area contributed by atoms with Crippen molar-refractivity contribution in [1.82, 2.24) is 4.98 Å². The van der Waals surface area contributed by atoms with E-state index in [9.17, 15) is 0 Å². The summed E-state index contributed by atoms with van der Waals surface area (Å²) >= 11 is 6.28. The Labute approximate surface area is 131 Å². The van der Waals surface area contributed by atoms with E-state index in [-0.39, 0.29) is 5.54 Å². The molecule has 3 rings (SSSR count). The highest BCUT2D eigenvalue weighted by molar-refractivity contribution is 6.31. The van der Waals surface area contributed by atoms with Gasteiger partial charge in [-0.15, -0.1) is 0 Å². The number of rotatable bonds is 3. The molecule has 1 saturated carbocycles. The number of hydrogen-bond acceptors (Lipinski definition) is 2. The second kappa shape index (κ2) is 6.17. The maximum Gasteiger partial charge on any atom is 0.0621 e. The molecule has 21 heavy (non-hydrogen) atoms. The van der Waals surface area contributed by atoms with Crippen LogP contribution < -0.4 is 5.73 Å². The summed E-state index contributed by atoms with van der Waals surface area (Å²) in [5.41, 5.74) is 9.10.